The van der Waals surface area contributed by atoms with E-state index in [-0.39, 0.29) is 0 Å². The van der Waals surface area contributed by atoms with Crippen LogP contribution in [0.1, 0.15) is 44.9 Å². The van der Waals surface area contributed by atoms with E-state index in [1.165, 1.54) is 17.7 Å². The zero-order chi connectivity index (χ0) is 15.2. The first-order valence-corrected chi connectivity index (χ1v) is 8.13. The second-order valence-electron chi connectivity index (χ2n) is 6.16. The molecular formula is C17H29N3O. The summed E-state index contributed by atoms with van der Waals surface area (Å²) >= 11 is 0. The van der Waals surface area contributed by atoms with Gasteiger partial charge in [-0.25, -0.2) is 4.98 Å². The summed E-state index contributed by atoms with van der Waals surface area (Å²) in [5, 5.41) is 3.49. The molecule has 0 bridgehead atoms. The van der Waals surface area contributed by atoms with E-state index in [1.54, 1.807) is 0 Å². The van der Waals surface area contributed by atoms with Crippen LogP contribution < -0.4 is 10.2 Å². The average molecular weight is 291 g/mol. The largest absolute Gasteiger partial charge is 0.380 e. The Morgan fingerprint density at radius 2 is 2.24 bits per heavy atom. The number of hydrogen-bond acceptors (Lipinski definition) is 4. The third-order valence-corrected chi connectivity index (χ3v) is 4.04. The SMILES string of the molecule is CCc1cc(CNC(C)C)cc(N2CCCC(OC)C2)n1. The lowest BCUT2D eigenvalue weighted by atomic mass is 10.1. The summed E-state index contributed by atoms with van der Waals surface area (Å²) in [4.78, 5) is 7.18. The number of anilines is 1. The van der Waals surface area contributed by atoms with Crippen LogP contribution >= 0.6 is 0 Å². The molecule has 1 aromatic rings. The van der Waals surface area contributed by atoms with Crippen LogP contribution in [-0.4, -0.2) is 37.3 Å². The van der Waals surface area contributed by atoms with Gasteiger partial charge in [-0.1, -0.05) is 20.8 Å². The highest BCUT2D eigenvalue weighted by Crippen LogP contribution is 2.21. The maximum Gasteiger partial charge on any atom is 0.129 e. The molecule has 0 amide bonds. The fourth-order valence-electron chi connectivity index (χ4n) is 2.74. The highest BCUT2D eigenvalue weighted by atomic mass is 16.5. The van der Waals surface area contributed by atoms with Crippen LogP contribution in [0.4, 0.5) is 5.82 Å². The highest BCUT2D eigenvalue weighted by molar-refractivity contribution is 5.43. The summed E-state index contributed by atoms with van der Waals surface area (Å²) in [6.07, 6.45) is 3.64. The monoisotopic (exact) mass is 291 g/mol. The summed E-state index contributed by atoms with van der Waals surface area (Å²) in [5.74, 6) is 1.11. The molecular weight excluding hydrogens is 262 g/mol. The van der Waals surface area contributed by atoms with Crippen LogP contribution in [0.3, 0.4) is 0 Å². The fourth-order valence-corrected chi connectivity index (χ4v) is 2.74. The summed E-state index contributed by atoms with van der Waals surface area (Å²) in [6, 6.07) is 4.95. The molecule has 118 valence electrons. The highest BCUT2D eigenvalue weighted by Gasteiger charge is 2.21. The molecule has 1 N–H and O–H groups in total. The van der Waals surface area contributed by atoms with Gasteiger partial charge in [-0.05, 0) is 37.0 Å². The molecule has 0 radical (unpaired) electrons. The molecule has 0 spiro atoms. The molecule has 4 heteroatoms. The third kappa shape index (κ3) is 4.68. The minimum atomic E-state index is 0.336. The van der Waals surface area contributed by atoms with Crippen molar-refractivity contribution in [2.45, 2.75) is 58.7 Å². The maximum atomic E-state index is 5.53. The molecule has 21 heavy (non-hydrogen) atoms. The fraction of sp³-hybridized carbons (Fsp3) is 0.706. The van der Waals surface area contributed by atoms with Crippen molar-refractivity contribution in [1.29, 1.82) is 0 Å². The van der Waals surface area contributed by atoms with Gasteiger partial charge >= 0.3 is 0 Å². The van der Waals surface area contributed by atoms with Gasteiger partial charge in [-0.3, -0.25) is 0 Å². The van der Waals surface area contributed by atoms with Crippen LogP contribution in [0.25, 0.3) is 0 Å². The molecule has 1 saturated heterocycles. The first-order valence-electron chi connectivity index (χ1n) is 8.13. The van der Waals surface area contributed by atoms with Crippen LogP contribution in [0, 0.1) is 0 Å². The van der Waals surface area contributed by atoms with Crippen molar-refractivity contribution in [2.75, 3.05) is 25.1 Å². The molecule has 0 saturated carbocycles. The number of piperidine rings is 1. The first-order chi connectivity index (χ1) is 10.1. The zero-order valence-electron chi connectivity index (χ0n) is 13.9. The Kier molecular flexibility index (Phi) is 6.00. The molecule has 1 unspecified atom stereocenters. The van der Waals surface area contributed by atoms with Crippen LogP contribution in [0.2, 0.25) is 0 Å². The molecule has 2 rings (SSSR count). The molecule has 2 heterocycles. The van der Waals surface area contributed by atoms with E-state index in [0.29, 0.717) is 12.1 Å². The standard InChI is InChI=1S/C17H29N3O/c1-5-15-9-14(11-18-13(2)3)10-17(19-15)20-8-6-7-16(12-20)21-4/h9-10,13,16,18H,5-8,11-12H2,1-4H3. The topological polar surface area (TPSA) is 37.4 Å². The Morgan fingerprint density at radius 3 is 2.90 bits per heavy atom. The number of nitrogens with one attached hydrogen (secondary N) is 1. The number of ether oxygens (including phenoxy) is 1. The number of methoxy groups -OCH3 is 1. The lowest BCUT2D eigenvalue weighted by Gasteiger charge is -2.33. The predicted molar refractivity (Wildman–Crippen MR) is 87.8 cm³/mol. The molecule has 0 aromatic carbocycles. The molecule has 1 atom stereocenters. The Labute approximate surface area is 128 Å². The quantitative estimate of drug-likeness (QED) is 0.874. The van der Waals surface area contributed by atoms with E-state index in [0.717, 1.165) is 38.3 Å². The van der Waals surface area contributed by atoms with Gasteiger partial charge in [0.15, 0.2) is 0 Å². The number of aryl methyl sites for hydroxylation is 1. The maximum absolute atomic E-state index is 5.53. The minimum Gasteiger partial charge on any atom is -0.380 e. The van der Waals surface area contributed by atoms with Gasteiger partial charge in [0.1, 0.15) is 5.82 Å². The minimum absolute atomic E-state index is 0.336. The predicted octanol–water partition coefficient (Wildman–Crippen LogP) is 2.76. The number of hydrogen-bond donors (Lipinski definition) is 1. The molecule has 1 aliphatic heterocycles. The van der Waals surface area contributed by atoms with Crippen molar-refractivity contribution in [1.82, 2.24) is 10.3 Å². The van der Waals surface area contributed by atoms with E-state index in [4.69, 9.17) is 9.72 Å². The van der Waals surface area contributed by atoms with Crippen LogP contribution in [0.15, 0.2) is 12.1 Å². The Morgan fingerprint density at radius 1 is 1.43 bits per heavy atom. The van der Waals surface area contributed by atoms with Crippen molar-refractivity contribution in [3.63, 3.8) is 0 Å². The smallest absolute Gasteiger partial charge is 0.129 e. The van der Waals surface area contributed by atoms with Crippen molar-refractivity contribution in [2.24, 2.45) is 0 Å². The lowest BCUT2D eigenvalue weighted by molar-refractivity contribution is 0.0891. The molecule has 0 aliphatic carbocycles. The molecule has 1 aromatic heterocycles. The van der Waals surface area contributed by atoms with Gasteiger partial charge in [-0.2, -0.15) is 0 Å². The first kappa shape index (κ1) is 16.2. The zero-order valence-corrected chi connectivity index (χ0v) is 13.9. The van der Waals surface area contributed by atoms with E-state index in [9.17, 15) is 0 Å². The van der Waals surface area contributed by atoms with Gasteiger partial charge in [0.05, 0.1) is 6.10 Å². The molecule has 4 nitrogen and oxygen atoms in total. The van der Waals surface area contributed by atoms with Gasteiger partial charge in [0.25, 0.3) is 0 Å². The average Bonchev–Trinajstić information content (AvgIpc) is 2.52. The van der Waals surface area contributed by atoms with Crippen LogP contribution in [0.5, 0.6) is 0 Å². The number of aromatic nitrogens is 1. The van der Waals surface area contributed by atoms with Gasteiger partial charge in [-0.15, -0.1) is 0 Å². The van der Waals surface area contributed by atoms with Crippen molar-refractivity contribution in [3.05, 3.63) is 23.4 Å². The molecule has 1 fully saturated rings. The Bertz CT molecular complexity index is 448. The Hall–Kier alpha value is -1.13. The summed E-state index contributed by atoms with van der Waals surface area (Å²) in [7, 11) is 1.81. The van der Waals surface area contributed by atoms with E-state index >= 15 is 0 Å². The van der Waals surface area contributed by atoms with E-state index in [1.807, 2.05) is 7.11 Å². The van der Waals surface area contributed by atoms with Crippen LogP contribution in [-0.2, 0) is 17.7 Å². The van der Waals surface area contributed by atoms with Crippen molar-refractivity contribution < 1.29 is 4.74 Å². The number of rotatable bonds is 6. The summed E-state index contributed by atoms with van der Waals surface area (Å²) in [6.45, 7) is 9.46. The van der Waals surface area contributed by atoms with Gasteiger partial charge in [0, 0.05) is 38.5 Å². The second kappa shape index (κ2) is 7.76. The molecule has 1 aliphatic rings. The summed E-state index contributed by atoms with van der Waals surface area (Å²) in [5.41, 5.74) is 2.50. The van der Waals surface area contributed by atoms with E-state index < -0.39 is 0 Å². The van der Waals surface area contributed by atoms with Gasteiger partial charge < -0.3 is 15.0 Å². The third-order valence-electron chi connectivity index (χ3n) is 4.04. The number of pyridine rings is 1. The number of nitrogens with zero attached hydrogens (tertiary/aromatic N) is 2. The van der Waals surface area contributed by atoms with Crippen molar-refractivity contribution >= 4 is 5.82 Å². The van der Waals surface area contributed by atoms with E-state index in [2.05, 4.69) is 43.1 Å². The van der Waals surface area contributed by atoms with Gasteiger partial charge in [0.2, 0.25) is 0 Å². The van der Waals surface area contributed by atoms with Crippen molar-refractivity contribution in [3.8, 4) is 0 Å². The normalized spacial score (nSPS) is 19.3. The Balaban J connectivity index is 2.15. The summed E-state index contributed by atoms with van der Waals surface area (Å²) < 4.78 is 5.53. The lowest BCUT2D eigenvalue weighted by Crippen LogP contribution is -2.39. The second-order valence-corrected chi connectivity index (χ2v) is 6.16.